The number of hydrogen-bond acceptors (Lipinski definition) is 1. The predicted molar refractivity (Wildman–Crippen MR) is 89.4 cm³/mol. The quantitative estimate of drug-likeness (QED) is 0.692. The molecule has 1 saturated carbocycles. The molecule has 0 spiro atoms. The molecule has 1 nitrogen and oxygen atoms in total. The average Bonchev–Trinajstić information content (AvgIpc) is 3.31. The average molecular weight is 289 g/mol. The van der Waals surface area contributed by atoms with Crippen LogP contribution >= 0.6 is 0 Å². The molecule has 110 valence electrons. The lowest BCUT2D eigenvalue weighted by molar-refractivity contribution is 0.119. The van der Waals surface area contributed by atoms with Crippen LogP contribution in [0.1, 0.15) is 45.3 Å². The van der Waals surface area contributed by atoms with Gasteiger partial charge < -0.3 is 5.11 Å². The molecule has 1 aliphatic carbocycles. The summed E-state index contributed by atoms with van der Waals surface area (Å²) in [4.78, 5) is 0. The van der Waals surface area contributed by atoms with E-state index in [-0.39, 0.29) is 11.5 Å². The Hall–Kier alpha value is -0.863. The summed E-state index contributed by atoms with van der Waals surface area (Å²) in [6.07, 6.45) is 4.30. The molecule has 20 heavy (non-hydrogen) atoms. The van der Waals surface area contributed by atoms with E-state index in [1.165, 1.54) is 18.1 Å². The number of hydrogen-bond donors (Lipinski definition) is 1. The molecule has 1 atom stereocenters. The zero-order chi connectivity index (χ0) is 14.6. The van der Waals surface area contributed by atoms with Gasteiger partial charge in [-0.3, -0.25) is 0 Å². The maximum Gasteiger partial charge on any atom is 0.0880 e. The molecule has 0 amide bonds. The van der Waals surface area contributed by atoms with Crippen molar-refractivity contribution in [3.63, 3.8) is 0 Å². The van der Waals surface area contributed by atoms with Gasteiger partial charge in [0.15, 0.2) is 0 Å². The molecule has 1 N–H and O–H groups in total. The van der Waals surface area contributed by atoms with Crippen molar-refractivity contribution in [3.8, 4) is 0 Å². The van der Waals surface area contributed by atoms with E-state index in [0.717, 1.165) is 18.4 Å². The van der Waals surface area contributed by atoms with Crippen molar-refractivity contribution in [1.29, 1.82) is 0 Å². The van der Waals surface area contributed by atoms with E-state index in [9.17, 15) is 5.11 Å². The molecule has 1 aromatic carbocycles. The first-order valence-corrected chi connectivity index (χ1v) is 10.7. The molecule has 0 aliphatic heterocycles. The third-order valence-corrected chi connectivity index (χ3v) is 10.5. The van der Waals surface area contributed by atoms with E-state index in [0.29, 0.717) is 0 Å². The van der Waals surface area contributed by atoms with Gasteiger partial charge in [0, 0.05) is 5.41 Å². The summed E-state index contributed by atoms with van der Waals surface area (Å²) < 4.78 is 0. The van der Waals surface area contributed by atoms with Crippen LogP contribution in [0.2, 0.25) is 18.1 Å². The van der Waals surface area contributed by atoms with Gasteiger partial charge in [0.2, 0.25) is 0 Å². The summed E-state index contributed by atoms with van der Waals surface area (Å²) in [5, 5.41) is 10.7. The fourth-order valence-electron chi connectivity index (χ4n) is 3.09. The summed E-state index contributed by atoms with van der Waals surface area (Å²) in [6.45, 7) is 6.99. The van der Waals surface area contributed by atoms with Gasteiger partial charge in [-0.2, -0.15) is 0 Å². The van der Waals surface area contributed by atoms with E-state index in [1.54, 1.807) is 0 Å². The number of benzene rings is 1. The van der Waals surface area contributed by atoms with Gasteiger partial charge in [0.05, 0.1) is 14.2 Å². The first-order chi connectivity index (χ1) is 9.61. The minimum absolute atomic E-state index is 0.0269. The van der Waals surface area contributed by atoms with Crippen LogP contribution < -0.4 is 0 Å². The summed E-state index contributed by atoms with van der Waals surface area (Å²) in [7, 11) is -1.23. The Morgan fingerprint density at radius 2 is 1.65 bits per heavy atom. The third kappa shape index (κ3) is 3.07. The molecule has 2 heteroatoms. The van der Waals surface area contributed by atoms with Gasteiger partial charge in [0.25, 0.3) is 0 Å². The molecule has 0 aromatic heterocycles. The Kier molecular flexibility index (Phi) is 4.87. The maximum atomic E-state index is 10.7. The lowest BCUT2D eigenvalue weighted by atomic mass is 9.93. The molecule has 1 aliphatic rings. The molecule has 0 saturated heterocycles. The molecule has 2 rings (SSSR count). The smallest absolute Gasteiger partial charge is 0.0880 e. The van der Waals surface area contributed by atoms with Gasteiger partial charge >= 0.3 is 0 Å². The second-order valence-electron chi connectivity index (χ2n) is 6.30. The second kappa shape index (κ2) is 6.27. The number of aliphatic hydroxyl groups is 1. The largest absolute Gasteiger partial charge is 0.388 e. The summed E-state index contributed by atoms with van der Waals surface area (Å²) in [5.74, 6) is 0. The Labute approximate surface area is 124 Å². The van der Waals surface area contributed by atoms with Crippen LogP contribution in [0.25, 0.3) is 0 Å². The Morgan fingerprint density at radius 1 is 1.10 bits per heavy atom. The molecular weight excluding hydrogens is 260 g/mol. The number of aliphatic hydroxyl groups excluding tert-OH is 1. The zero-order valence-electron chi connectivity index (χ0n) is 13.1. The zero-order valence-corrected chi connectivity index (χ0v) is 14.1. The highest BCUT2D eigenvalue weighted by molar-refractivity contribution is 6.84. The van der Waals surface area contributed by atoms with Crippen molar-refractivity contribution in [2.75, 3.05) is 0 Å². The third-order valence-electron chi connectivity index (χ3n) is 5.37. The first kappa shape index (κ1) is 15.5. The lowest BCUT2D eigenvalue weighted by Gasteiger charge is -2.26. The van der Waals surface area contributed by atoms with Crippen molar-refractivity contribution in [1.82, 2.24) is 0 Å². The summed E-state index contributed by atoms with van der Waals surface area (Å²) in [5.41, 5.74) is 3.62. The molecule has 1 fully saturated rings. The summed E-state index contributed by atoms with van der Waals surface area (Å²) in [6, 6.07) is 14.1. The topological polar surface area (TPSA) is 20.2 Å². The molecule has 0 heterocycles. The Bertz CT molecular complexity index is 435. The number of rotatable bonds is 7. The highest BCUT2D eigenvalue weighted by Gasteiger charge is 2.47. The monoisotopic (exact) mass is 288 g/mol. The van der Waals surface area contributed by atoms with Crippen LogP contribution in [-0.2, 0) is 0 Å². The molecule has 1 unspecified atom stereocenters. The molecule has 0 radical (unpaired) electrons. The SMILES string of the molecule is CC[Si](/C=C/C1(C(O)c2ccccc2)CC1)(CC)CC. The molecular formula is C18H28OSi. The van der Waals surface area contributed by atoms with Crippen LogP contribution in [0.15, 0.2) is 42.1 Å². The fraction of sp³-hybridized carbons (Fsp3) is 0.556. The van der Waals surface area contributed by atoms with Crippen LogP contribution in [-0.4, -0.2) is 13.2 Å². The lowest BCUT2D eigenvalue weighted by Crippen LogP contribution is -2.29. The maximum absolute atomic E-state index is 10.7. The van der Waals surface area contributed by atoms with Gasteiger partial charge in [-0.15, -0.1) is 0 Å². The van der Waals surface area contributed by atoms with Crippen LogP contribution in [0, 0.1) is 5.41 Å². The minimum Gasteiger partial charge on any atom is -0.388 e. The van der Waals surface area contributed by atoms with Gasteiger partial charge in [0.1, 0.15) is 0 Å². The Morgan fingerprint density at radius 3 is 2.10 bits per heavy atom. The molecule has 1 aromatic rings. The van der Waals surface area contributed by atoms with E-state index in [1.807, 2.05) is 30.3 Å². The van der Waals surface area contributed by atoms with Crippen molar-refractivity contribution < 1.29 is 5.11 Å². The predicted octanol–water partition coefficient (Wildman–Crippen LogP) is 5.10. The van der Waals surface area contributed by atoms with Gasteiger partial charge in [-0.1, -0.05) is 81.0 Å². The normalized spacial score (nSPS) is 19.2. The highest BCUT2D eigenvalue weighted by atomic mass is 28.3. The van der Waals surface area contributed by atoms with Gasteiger partial charge in [-0.25, -0.2) is 0 Å². The molecule has 0 bridgehead atoms. The van der Waals surface area contributed by atoms with Crippen molar-refractivity contribution in [2.45, 2.75) is 57.8 Å². The van der Waals surface area contributed by atoms with Crippen molar-refractivity contribution in [3.05, 3.63) is 47.7 Å². The van der Waals surface area contributed by atoms with E-state index >= 15 is 0 Å². The highest BCUT2D eigenvalue weighted by Crippen LogP contribution is 2.56. The standard InChI is InChI=1S/C18H28OSi/c1-4-20(5-2,6-3)15-14-18(12-13-18)17(19)16-10-8-7-9-11-16/h7-11,14-15,17,19H,4-6,12-13H2,1-3H3/b15-14+. The Balaban J connectivity index is 2.16. The van der Waals surface area contributed by atoms with Gasteiger partial charge in [-0.05, 0) is 18.4 Å². The second-order valence-corrected chi connectivity index (χ2v) is 11.5. The first-order valence-electron chi connectivity index (χ1n) is 8.05. The van der Waals surface area contributed by atoms with Crippen LogP contribution in [0.5, 0.6) is 0 Å². The van der Waals surface area contributed by atoms with Crippen molar-refractivity contribution >= 4 is 8.07 Å². The van der Waals surface area contributed by atoms with E-state index in [2.05, 4.69) is 32.5 Å². The minimum atomic E-state index is -1.23. The van der Waals surface area contributed by atoms with Crippen LogP contribution in [0.4, 0.5) is 0 Å². The van der Waals surface area contributed by atoms with Crippen LogP contribution in [0.3, 0.4) is 0 Å². The fourth-order valence-corrected chi connectivity index (χ4v) is 5.98. The van der Waals surface area contributed by atoms with E-state index in [4.69, 9.17) is 0 Å². The van der Waals surface area contributed by atoms with Crippen molar-refractivity contribution in [2.24, 2.45) is 5.41 Å². The summed E-state index contributed by atoms with van der Waals surface area (Å²) >= 11 is 0. The van der Waals surface area contributed by atoms with E-state index < -0.39 is 8.07 Å².